The fourth-order valence-corrected chi connectivity index (χ4v) is 1.84. The lowest BCUT2D eigenvalue weighted by Crippen LogP contribution is -2.39. The molecule has 0 spiro atoms. The number of nitrogens with one attached hydrogen (secondary N) is 2. The Morgan fingerprint density at radius 2 is 1.86 bits per heavy atom. The number of likely N-dealkylation sites (tertiary alicyclic amines) is 1. The lowest BCUT2D eigenvalue weighted by molar-refractivity contribution is 0.343. The average Bonchev–Trinajstić information content (AvgIpc) is 2.67. The molecule has 0 aromatic heterocycles. The van der Waals surface area contributed by atoms with Crippen LogP contribution in [-0.2, 0) is 0 Å². The molecule has 1 aliphatic rings. The van der Waals surface area contributed by atoms with E-state index in [0.29, 0.717) is 0 Å². The van der Waals surface area contributed by atoms with Gasteiger partial charge in [-0.3, -0.25) is 0 Å². The highest BCUT2D eigenvalue weighted by atomic mass is 32.1. The lowest BCUT2D eigenvalue weighted by Gasteiger charge is -2.16. The molecule has 82 valence electrons. The van der Waals surface area contributed by atoms with Crippen LogP contribution in [0.3, 0.4) is 0 Å². The summed E-state index contributed by atoms with van der Waals surface area (Å²) in [5.74, 6) is 0. The molecule has 0 unspecified atom stereocenters. The Morgan fingerprint density at radius 3 is 2.50 bits per heavy atom. The molecule has 0 aliphatic carbocycles. The first-order valence-corrected chi connectivity index (χ1v) is 5.98. The maximum atomic E-state index is 5.12. The lowest BCUT2D eigenvalue weighted by atomic mass is 10.4. The van der Waals surface area contributed by atoms with Gasteiger partial charge in [0.05, 0.1) is 0 Å². The van der Waals surface area contributed by atoms with E-state index in [1.807, 2.05) is 0 Å². The molecule has 1 fully saturated rings. The van der Waals surface area contributed by atoms with Crippen molar-refractivity contribution < 1.29 is 0 Å². The predicted octanol–water partition coefficient (Wildman–Crippen LogP) is 0.956. The van der Waals surface area contributed by atoms with Crippen LogP contribution in [0.5, 0.6) is 0 Å². The van der Waals surface area contributed by atoms with Gasteiger partial charge in [-0.2, -0.15) is 0 Å². The van der Waals surface area contributed by atoms with Gasteiger partial charge in [-0.05, 0) is 44.6 Å². The van der Waals surface area contributed by atoms with Gasteiger partial charge in [0, 0.05) is 19.6 Å². The molecular formula is C10H21N3S. The van der Waals surface area contributed by atoms with Crippen molar-refractivity contribution in [1.82, 2.24) is 15.5 Å². The third-order valence-corrected chi connectivity index (χ3v) is 2.74. The average molecular weight is 215 g/mol. The van der Waals surface area contributed by atoms with Gasteiger partial charge in [-0.25, -0.2) is 0 Å². The van der Waals surface area contributed by atoms with Gasteiger partial charge in [0.25, 0.3) is 0 Å². The number of hydrogen-bond donors (Lipinski definition) is 2. The molecule has 2 N–H and O–H groups in total. The molecule has 1 heterocycles. The minimum Gasteiger partial charge on any atom is -0.363 e. The quantitative estimate of drug-likeness (QED) is 0.668. The van der Waals surface area contributed by atoms with Crippen LogP contribution in [0.25, 0.3) is 0 Å². The fraction of sp³-hybridized carbons (Fsp3) is 0.900. The Bertz CT molecular complexity index is 167. The highest BCUT2D eigenvalue weighted by Crippen LogP contribution is 2.05. The van der Waals surface area contributed by atoms with Crippen LogP contribution >= 0.6 is 12.2 Å². The summed E-state index contributed by atoms with van der Waals surface area (Å²) in [6, 6.07) is 0. The van der Waals surface area contributed by atoms with Crippen molar-refractivity contribution in [3.63, 3.8) is 0 Å². The Morgan fingerprint density at radius 1 is 1.21 bits per heavy atom. The van der Waals surface area contributed by atoms with Gasteiger partial charge in [-0.1, -0.05) is 6.92 Å². The largest absolute Gasteiger partial charge is 0.363 e. The van der Waals surface area contributed by atoms with Crippen LogP contribution < -0.4 is 10.6 Å². The second-order valence-corrected chi connectivity index (χ2v) is 4.14. The first-order chi connectivity index (χ1) is 6.83. The summed E-state index contributed by atoms with van der Waals surface area (Å²) in [5, 5.41) is 7.18. The van der Waals surface area contributed by atoms with Crippen LogP contribution in [0.2, 0.25) is 0 Å². The highest BCUT2D eigenvalue weighted by molar-refractivity contribution is 7.80. The fourth-order valence-electron chi connectivity index (χ4n) is 1.63. The Hall–Kier alpha value is -0.350. The van der Waals surface area contributed by atoms with E-state index in [1.54, 1.807) is 0 Å². The van der Waals surface area contributed by atoms with E-state index < -0.39 is 0 Å². The summed E-state index contributed by atoms with van der Waals surface area (Å²) >= 11 is 5.12. The Labute approximate surface area is 92.2 Å². The van der Waals surface area contributed by atoms with Gasteiger partial charge >= 0.3 is 0 Å². The maximum Gasteiger partial charge on any atom is 0.166 e. The number of thiocarbonyl (C=S) groups is 1. The zero-order valence-electron chi connectivity index (χ0n) is 9.01. The van der Waals surface area contributed by atoms with Gasteiger partial charge in [0.1, 0.15) is 0 Å². The number of rotatable bonds is 5. The minimum atomic E-state index is 0.797. The van der Waals surface area contributed by atoms with Crippen LogP contribution in [0.1, 0.15) is 26.2 Å². The van der Waals surface area contributed by atoms with E-state index in [-0.39, 0.29) is 0 Å². The summed E-state index contributed by atoms with van der Waals surface area (Å²) in [4.78, 5) is 2.48. The molecule has 0 amide bonds. The summed E-state index contributed by atoms with van der Waals surface area (Å²) in [5.41, 5.74) is 0. The standard InChI is InChI=1S/C10H21N3S/c1-2-5-11-10(14)12-6-9-13-7-3-4-8-13/h2-9H2,1H3,(H2,11,12,14). The predicted molar refractivity (Wildman–Crippen MR) is 64.6 cm³/mol. The third-order valence-electron chi connectivity index (χ3n) is 2.45. The summed E-state index contributed by atoms with van der Waals surface area (Å²) in [6.07, 6.45) is 3.84. The van der Waals surface area contributed by atoms with Crippen LogP contribution in [-0.4, -0.2) is 42.7 Å². The molecule has 14 heavy (non-hydrogen) atoms. The minimum absolute atomic E-state index is 0.797. The third kappa shape index (κ3) is 4.77. The summed E-state index contributed by atoms with van der Waals surface area (Å²) in [7, 11) is 0. The molecule has 0 aromatic carbocycles. The van der Waals surface area contributed by atoms with Crippen molar-refractivity contribution in [3.8, 4) is 0 Å². The zero-order chi connectivity index (χ0) is 10.2. The molecule has 0 atom stereocenters. The molecular weight excluding hydrogens is 194 g/mol. The highest BCUT2D eigenvalue weighted by Gasteiger charge is 2.10. The van der Waals surface area contributed by atoms with Crippen molar-refractivity contribution in [2.45, 2.75) is 26.2 Å². The first-order valence-electron chi connectivity index (χ1n) is 5.57. The van der Waals surface area contributed by atoms with Crippen molar-refractivity contribution in [2.24, 2.45) is 0 Å². The van der Waals surface area contributed by atoms with Crippen LogP contribution in [0, 0.1) is 0 Å². The van der Waals surface area contributed by atoms with Crippen molar-refractivity contribution in [1.29, 1.82) is 0 Å². The van der Waals surface area contributed by atoms with Gasteiger partial charge in [-0.15, -0.1) is 0 Å². The van der Waals surface area contributed by atoms with Crippen molar-refractivity contribution in [3.05, 3.63) is 0 Å². The molecule has 1 rings (SSSR count). The number of nitrogens with zero attached hydrogens (tertiary/aromatic N) is 1. The van der Waals surface area contributed by atoms with Crippen LogP contribution in [0.4, 0.5) is 0 Å². The summed E-state index contributed by atoms with van der Waals surface area (Å²) < 4.78 is 0. The Kier molecular flexibility index (Phi) is 5.87. The first kappa shape index (κ1) is 11.7. The monoisotopic (exact) mass is 215 g/mol. The topological polar surface area (TPSA) is 27.3 Å². The molecule has 3 nitrogen and oxygen atoms in total. The van der Waals surface area contributed by atoms with Crippen LogP contribution in [0.15, 0.2) is 0 Å². The molecule has 0 aromatic rings. The zero-order valence-corrected chi connectivity index (χ0v) is 9.83. The smallest absolute Gasteiger partial charge is 0.166 e. The number of hydrogen-bond acceptors (Lipinski definition) is 2. The molecule has 1 saturated heterocycles. The SMILES string of the molecule is CCCNC(=S)NCCN1CCCC1. The molecule has 1 aliphatic heterocycles. The molecule has 0 bridgehead atoms. The van der Waals surface area contributed by atoms with E-state index in [2.05, 4.69) is 22.5 Å². The van der Waals surface area contributed by atoms with Gasteiger partial charge < -0.3 is 15.5 Å². The van der Waals surface area contributed by atoms with Crippen molar-refractivity contribution in [2.75, 3.05) is 32.7 Å². The summed E-state index contributed by atoms with van der Waals surface area (Å²) in [6.45, 7) is 7.71. The van der Waals surface area contributed by atoms with E-state index in [0.717, 1.165) is 31.2 Å². The Balaban J connectivity index is 1.94. The van der Waals surface area contributed by atoms with E-state index in [9.17, 15) is 0 Å². The van der Waals surface area contributed by atoms with Gasteiger partial charge in [0.2, 0.25) is 0 Å². The maximum absolute atomic E-state index is 5.12. The second kappa shape index (κ2) is 7.01. The second-order valence-electron chi connectivity index (χ2n) is 3.73. The van der Waals surface area contributed by atoms with E-state index in [4.69, 9.17) is 12.2 Å². The normalized spacial score (nSPS) is 16.9. The molecule has 0 saturated carbocycles. The van der Waals surface area contributed by atoms with E-state index in [1.165, 1.54) is 25.9 Å². The molecule has 4 heteroatoms. The molecule has 0 radical (unpaired) electrons. The van der Waals surface area contributed by atoms with Crippen molar-refractivity contribution >= 4 is 17.3 Å². The van der Waals surface area contributed by atoms with E-state index >= 15 is 0 Å². The van der Waals surface area contributed by atoms with Gasteiger partial charge in [0.15, 0.2) is 5.11 Å².